The van der Waals surface area contributed by atoms with Crippen LogP contribution in [-0.4, -0.2) is 96.4 Å². The van der Waals surface area contributed by atoms with Crippen molar-refractivity contribution in [2.45, 2.75) is 12.2 Å². The number of nitrogens with zero attached hydrogens (tertiary/aromatic N) is 4. The minimum absolute atomic E-state index is 0.0107. The maximum atomic E-state index is 13.4. The van der Waals surface area contributed by atoms with Gasteiger partial charge in [0, 0.05) is 39.4 Å². The fraction of sp³-hybridized carbons (Fsp3) is 0.458. The van der Waals surface area contributed by atoms with E-state index in [1.54, 1.807) is 17.0 Å². The maximum Gasteiger partial charge on any atom is 0.418 e. The van der Waals surface area contributed by atoms with Crippen LogP contribution in [0.1, 0.15) is 15.9 Å². The summed E-state index contributed by atoms with van der Waals surface area (Å²) in [5, 5.41) is 5.56. The molecule has 0 spiro atoms. The van der Waals surface area contributed by atoms with Crippen LogP contribution in [0.3, 0.4) is 0 Å². The molecule has 1 amide bonds. The van der Waals surface area contributed by atoms with Gasteiger partial charge in [-0.15, -0.1) is 0 Å². The van der Waals surface area contributed by atoms with Gasteiger partial charge in [0.05, 0.1) is 41.5 Å². The molecule has 0 aliphatic carbocycles. The number of alkyl halides is 3. The Labute approximate surface area is 215 Å². The number of hydrogen-bond donors (Lipinski definition) is 3. The van der Waals surface area contributed by atoms with E-state index < -0.39 is 11.7 Å². The first-order valence-corrected chi connectivity index (χ1v) is 12.3. The van der Waals surface area contributed by atoms with Crippen LogP contribution in [0.4, 0.5) is 30.6 Å². The molecule has 3 N–H and O–H groups in total. The molecule has 3 aliphatic heterocycles. The predicted octanol–water partition coefficient (Wildman–Crippen LogP) is 2.69. The monoisotopic (exact) mass is 533 g/mol. The van der Waals surface area contributed by atoms with Crippen molar-refractivity contribution in [2.24, 2.45) is 0 Å². The van der Waals surface area contributed by atoms with Crippen molar-refractivity contribution in [1.82, 2.24) is 24.8 Å². The number of H-pyrrole nitrogens is 1. The highest BCUT2D eigenvalue weighted by Crippen LogP contribution is 2.43. The minimum Gasteiger partial charge on any atom is -0.485 e. The second kappa shape index (κ2) is 9.51. The molecule has 0 atom stereocenters. The molecule has 11 nitrogen and oxygen atoms in total. The Morgan fingerprint density at radius 2 is 1.82 bits per heavy atom. The van der Waals surface area contributed by atoms with Crippen molar-refractivity contribution < 1.29 is 32.2 Å². The molecule has 38 heavy (non-hydrogen) atoms. The Morgan fingerprint density at radius 3 is 2.47 bits per heavy atom. The van der Waals surface area contributed by atoms with Gasteiger partial charge in [0.25, 0.3) is 5.91 Å². The number of benzene rings is 1. The molecule has 3 aromatic rings. The number of carbonyl (C=O) groups is 1. The van der Waals surface area contributed by atoms with E-state index in [0.717, 1.165) is 32.5 Å². The van der Waals surface area contributed by atoms with Gasteiger partial charge in [-0.1, -0.05) is 0 Å². The van der Waals surface area contributed by atoms with Crippen molar-refractivity contribution in [3.8, 4) is 11.5 Å². The second-order valence-electron chi connectivity index (χ2n) is 9.23. The lowest BCUT2D eigenvalue weighted by atomic mass is 10.1. The quantitative estimate of drug-likeness (QED) is 0.455. The summed E-state index contributed by atoms with van der Waals surface area (Å²) in [7, 11) is 1.48. The smallest absolute Gasteiger partial charge is 0.418 e. The normalized spacial score (nSPS) is 18.4. The number of aromatic amines is 1. The molecule has 5 heterocycles. The van der Waals surface area contributed by atoms with Gasteiger partial charge in [-0.05, 0) is 12.1 Å². The summed E-state index contributed by atoms with van der Waals surface area (Å²) in [6.45, 7) is 4.78. The summed E-state index contributed by atoms with van der Waals surface area (Å²) in [6.07, 6.45) is -3.70. The van der Waals surface area contributed by atoms with Crippen LogP contribution in [0.5, 0.6) is 11.5 Å². The largest absolute Gasteiger partial charge is 0.485 e. The lowest BCUT2D eigenvalue weighted by molar-refractivity contribution is -0.136. The summed E-state index contributed by atoms with van der Waals surface area (Å²) in [6, 6.07) is 3.74. The summed E-state index contributed by atoms with van der Waals surface area (Å²) in [5.74, 6) is 0.546. The van der Waals surface area contributed by atoms with Crippen LogP contribution < -0.4 is 20.1 Å². The topological polar surface area (TPSA) is 117 Å². The first kappa shape index (κ1) is 24.6. The number of hydrogen-bond acceptors (Lipinski definition) is 9. The zero-order valence-electron chi connectivity index (χ0n) is 20.5. The van der Waals surface area contributed by atoms with Crippen LogP contribution in [-0.2, 0) is 10.9 Å². The third-order valence-electron chi connectivity index (χ3n) is 6.98. The van der Waals surface area contributed by atoms with Gasteiger partial charge in [-0.25, -0.2) is 0 Å². The van der Waals surface area contributed by atoms with Gasteiger partial charge in [-0.2, -0.15) is 23.1 Å². The van der Waals surface area contributed by atoms with Crippen LogP contribution in [0.2, 0.25) is 0 Å². The lowest BCUT2D eigenvalue weighted by Gasteiger charge is -2.42. The molecule has 14 heteroatoms. The van der Waals surface area contributed by atoms with Crippen molar-refractivity contribution in [3.05, 3.63) is 29.5 Å². The molecule has 0 bridgehead atoms. The molecule has 3 aliphatic rings. The Hall–Kier alpha value is -3.78. The van der Waals surface area contributed by atoms with E-state index in [9.17, 15) is 18.0 Å². The third-order valence-corrected chi connectivity index (χ3v) is 6.98. The highest BCUT2D eigenvalue weighted by molar-refractivity contribution is 5.99. The zero-order chi connectivity index (χ0) is 26.4. The lowest BCUT2D eigenvalue weighted by Crippen LogP contribution is -2.57. The third kappa shape index (κ3) is 4.32. The van der Waals surface area contributed by atoms with E-state index in [1.165, 1.54) is 7.05 Å². The van der Waals surface area contributed by atoms with Crippen LogP contribution in [0, 0.1) is 0 Å². The number of aromatic nitrogens is 3. The Kier molecular flexibility index (Phi) is 6.14. The molecular weight excluding hydrogens is 507 g/mol. The van der Waals surface area contributed by atoms with E-state index in [1.807, 2.05) is 0 Å². The molecule has 2 aromatic heterocycles. The van der Waals surface area contributed by atoms with Crippen molar-refractivity contribution in [2.75, 3.05) is 70.3 Å². The standard InChI is InChI=1S/C24H26F3N7O4/c1-28-20-17-15(24(25,26)27)10-29-21(17)32-23(31-20)30-16-3-2-14(18-19(16)38-9-8-37-18)22(35)34-6-4-33(5-7-34)13-11-36-12-13/h2-3,10,13H,4-9,11-12H2,1H3,(H3,28,29,30,31,32). The van der Waals surface area contributed by atoms with E-state index in [4.69, 9.17) is 14.2 Å². The van der Waals surface area contributed by atoms with Crippen LogP contribution in [0.15, 0.2) is 18.3 Å². The summed E-state index contributed by atoms with van der Waals surface area (Å²) in [5.41, 5.74) is -0.0287. The van der Waals surface area contributed by atoms with Crippen molar-refractivity contribution in [3.63, 3.8) is 0 Å². The molecule has 0 radical (unpaired) electrons. The van der Waals surface area contributed by atoms with E-state index in [0.29, 0.717) is 41.9 Å². The molecule has 0 saturated carbocycles. The molecule has 6 rings (SSSR count). The number of amides is 1. The van der Waals surface area contributed by atoms with Crippen molar-refractivity contribution >= 4 is 34.4 Å². The maximum absolute atomic E-state index is 13.4. The van der Waals surface area contributed by atoms with E-state index in [-0.39, 0.29) is 41.9 Å². The highest BCUT2D eigenvalue weighted by atomic mass is 19.4. The van der Waals surface area contributed by atoms with Gasteiger partial charge in [-0.3, -0.25) is 9.69 Å². The van der Waals surface area contributed by atoms with Crippen molar-refractivity contribution in [1.29, 1.82) is 0 Å². The second-order valence-corrected chi connectivity index (χ2v) is 9.23. The number of anilines is 3. The van der Waals surface area contributed by atoms with Gasteiger partial charge in [0.15, 0.2) is 11.5 Å². The first-order chi connectivity index (χ1) is 18.3. The van der Waals surface area contributed by atoms with Gasteiger partial charge < -0.3 is 34.7 Å². The fourth-order valence-corrected chi connectivity index (χ4v) is 4.91. The van der Waals surface area contributed by atoms with Gasteiger partial charge in [0.2, 0.25) is 5.95 Å². The molecular formula is C24H26F3N7O4. The van der Waals surface area contributed by atoms with E-state index in [2.05, 4.69) is 30.5 Å². The SMILES string of the molecule is CNc1nc(Nc2ccc(C(=O)N3CCN(C4COC4)CC3)c3c2OCCO3)nc2[nH]cc(C(F)(F)F)c12. The van der Waals surface area contributed by atoms with E-state index >= 15 is 0 Å². The first-order valence-electron chi connectivity index (χ1n) is 12.3. The molecule has 2 fully saturated rings. The van der Waals surface area contributed by atoms with Gasteiger partial charge in [0.1, 0.15) is 24.7 Å². The molecule has 2 saturated heterocycles. The average Bonchev–Trinajstić information content (AvgIpc) is 3.32. The Balaban J connectivity index is 1.27. The Bertz CT molecular complexity index is 1370. The number of ether oxygens (including phenoxy) is 3. The highest BCUT2D eigenvalue weighted by Gasteiger charge is 2.36. The van der Waals surface area contributed by atoms with Gasteiger partial charge >= 0.3 is 6.18 Å². The number of fused-ring (bicyclic) bond motifs is 2. The number of rotatable bonds is 5. The summed E-state index contributed by atoms with van der Waals surface area (Å²) < 4.78 is 57.3. The molecule has 1 aromatic carbocycles. The number of nitrogens with one attached hydrogen (secondary N) is 3. The predicted molar refractivity (Wildman–Crippen MR) is 131 cm³/mol. The number of piperazine rings is 1. The van der Waals surface area contributed by atoms with Crippen LogP contribution in [0.25, 0.3) is 11.0 Å². The minimum atomic E-state index is -4.56. The number of carbonyl (C=O) groups excluding carboxylic acids is 1. The zero-order valence-corrected chi connectivity index (χ0v) is 20.5. The number of halogens is 3. The average molecular weight is 534 g/mol. The molecule has 202 valence electrons. The van der Waals surface area contributed by atoms with Crippen LogP contribution >= 0.6 is 0 Å². The fourth-order valence-electron chi connectivity index (χ4n) is 4.91. The Morgan fingerprint density at radius 1 is 1.08 bits per heavy atom. The summed E-state index contributed by atoms with van der Waals surface area (Å²) >= 11 is 0. The molecule has 0 unspecified atom stereocenters. The summed E-state index contributed by atoms with van der Waals surface area (Å²) in [4.78, 5) is 28.6.